The molecule has 3 heteroatoms. The second-order valence-electron chi connectivity index (χ2n) is 4.91. The number of hydrogen-bond acceptors (Lipinski definition) is 2. The fourth-order valence-electron chi connectivity index (χ4n) is 2.22. The van der Waals surface area contributed by atoms with Crippen molar-refractivity contribution < 1.29 is 4.74 Å². The second kappa shape index (κ2) is 5.67. The Hall–Kier alpha value is -2.81. The lowest BCUT2D eigenvalue weighted by Crippen LogP contribution is -2.10. The van der Waals surface area contributed by atoms with E-state index in [9.17, 15) is 0 Å². The van der Waals surface area contributed by atoms with E-state index in [0.717, 1.165) is 27.6 Å². The maximum absolute atomic E-state index is 7.47. The van der Waals surface area contributed by atoms with E-state index in [1.54, 1.807) is 0 Å². The summed E-state index contributed by atoms with van der Waals surface area (Å²) in [7, 11) is 0. The predicted molar refractivity (Wildman–Crippen MR) is 85.7 cm³/mol. The van der Waals surface area contributed by atoms with Crippen molar-refractivity contribution in [2.45, 2.75) is 6.61 Å². The summed E-state index contributed by atoms with van der Waals surface area (Å²) in [4.78, 5) is 0. The highest BCUT2D eigenvalue weighted by atomic mass is 16.5. The number of hydrogen-bond donors (Lipinski definition) is 2. The highest BCUT2D eigenvalue weighted by Crippen LogP contribution is 2.22. The van der Waals surface area contributed by atoms with Crippen molar-refractivity contribution in [1.82, 2.24) is 0 Å². The molecule has 0 radical (unpaired) electrons. The van der Waals surface area contributed by atoms with Crippen LogP contribution in [0, 0.1) is 5.41 Å². The van der Waals surface area contributed by atoms with Gasteiger partial charge in [-0.25, -0.2) is 0 Å². The lowest BCUT2D eigenvalue weighted by atomic mass is 10.1. The number of amidine groups is 1. The minimum atomic E-state index is 0.0845. The van der Waals surface area contributed by atoms with Crippen molar-refractivity contribution in [1.29, 1.82) is 5.41 Å². The smallest absolute Gasteiger partial charge is 0.122 e. The summed E-state index contributed by atoms with van der Waals surface area (Å²) in [6.07, 6.45) is 0. The predicted octanol–water partition coefficient (Wildman–Crippen LogP) is 3.70. The average molecular weight is 276 g/mol. The SMILES string of the molecule is N=C(N)c1ccc2cc(OCc3ccccc3)ccc2c1. The number of nitrogens with one attached hydrogen (secondary N) is 1. The lowest BCUT2D eigenvalue weighted by Gasteiger charge is -2.08. The second-order valence-corrected chi connectivity index (χ2v) is 4.91. The van der Waals surface area contributed by atoms with Gasteiger partial charge in [0.2, 0.25) is 0 Å². The molecule has 0 heterocycles. The molecule has 0 fully saturated rings. The molecule has 104 valence electrons. The van der Waals surface area contributed by atoms with Crippen LogP contribution < -0.4 is 10.5 Å². The summed E-state index contributed by atoms with van der Waals surface area (Å²) in [5.41, 5.74) is 7.38. The van der Waals surface area contributed by atoms with Crippen LogP contribution in [0.3, 0.4) is 0 Å². The molecule has 0 saturated heterocycles. The fraction of sp³-hybridized carbons (Fsp3) is 0.0556. The van der Waals surface area contributed by atoms with E-state index < -0.39 is 0 Å². The Morgan fingerprint density at radius 2 is 1.62 bits per heavy atom. The summed E-state index contributed by atoms with van der Waals surface area (Å²) in [5.74, 6) is 0.920. The first-order chi connectivity index (χ1) is 10.2. The zero-order valence-electron chi connectivity index (χ0n) is 11.5. The van der Waals surface area contributed by atoms with E-state index in [-0.39, 0.29) is 5.84 Å². The Bertz CT molecular complexity index is 782. The number of nitrogens with two attached hydrogens (primary N) is 1. The van der Waals surface area contributed by atoms with Gasteiger partial charge in [0.1, 0.15) is 18.2 Å². The van der Waals surface area contributed by atoms with Crippen LogP contribution in [0.15, 0.2) is 66.7 Å². The van der Waals surface area contributed by atoms with Crippen LogP contribution in [-0.4, -0.2) is 5.84 Å². The van der Waals surface area contributed by atoms with Gasteiger partial charge in [0, 0.05) is 5.56 Å². The van der Waals surface area contributed by atoms with Gasteiger partial charge >= 0.3 is 0 Å². The average Bonchev–Trinajstić information content (AvgIpc) is 2.53. The molecule has 0 spiro atoms. The number of rotatable bonds is 4. The molecule has 0 aromatic heterocycles. The Morgan fingerprint density at radius 3 is 2.38 bits per heavy atom. The molecule has 3 N–H and O–H groups in total. The largest absolute Gasteiger partial charge is 0.489 e. The topological polar surface area (TPSA) is 59.1 Å². The molecular weight excluding hydrogens is 260 g/mol. The van der Waals surface area contributed by atoms with E-state index in [0.29, 0.717) is 6.61 Å². The number of benzene rings is 3. The number of nitrogen functional groups attached to an aromatic ring is 1. The van der Waals surface area contributed by atoms with Crippen LogP contribution >= 0.6 is 0 Å². The summed E-state index contributed by atoms with van der Waals surface area (Å²) in [5, 5.41) is 9.59. The first-order valence-electron chi connectivity index (χ1n) is 6.77. The quantitative estimate of drug-likeness (QED) is 0.564. The van der Waals surface area contributed by atoms with Gasteiger partial charge in [0.25, 0.3) is 0 Å². The maximum atomic E-state index is 7.47. The normalized spacial score (nSPS) is 10.5. The summed E-state index contributed by atoms with van der Waals surface area (Å²) < 4.78 is 5.81. The molecule has 0 aliphatic rings. The van der Waals surface area contributed by atoms with E-state index in [1.165, 1.54) is 0 Å². The first kappa shape index (κ1) is 13.2. The molecule has 3 nitrogen and oxygen atoms in total. The molecule has 3 aromatic rings. The summed E-state index contributed by atoms with van der Waals surface area (Å²) in [6.45, 7) is 0.553. The lowest BCUT2D eigenvalue weighted by molar-refractivity contribution is 0.306. The van der Waals surface area contributed by atoms with E-state index in [4.69, 9.17) is 15.9 Å². The molecule has 0 saturated carbocycles. The van der Waals surface area contributed by atoms with Gasteiger partial charge in [-0.2, -0.15) is 0 Å². The van der Waals surface area contributed by atoms with Crippen LogP contribution in [0.1, 0.15) is 11.1 Å². The zero-order valence-corrected chi connectivity index (χ0v) is 11.5. The van der Waals surface area contributed by atoms with Gasteiger partial charge in [-0.15, -0.1) is 0 Å². The van der Waals surface area contributed by atoms with Gasteiger partial charge in [-0.3, -0.25) is 5.41 Å². The van der Waals surface area contributed by atoms with Crippen molar-refractivity contribution in [3.05, 3.63) is 77.9 Å². The fourth-order valence-corrected chi connectivity index (χ4v) is 2.22. The third-order valence-electron chi connectivity index (χ3n) is 3.37. The third kappa shape index (κ3) is 3.03. The monoisotopic (exact) mass is 276 g/mol. The molecule has 0 aliphatic carbocycles. The molecule has 0 unspecified atom stereocenters. The summed E-state index contributed by atoms with van der Waals surface area (Å²) >= 11 is 0. The van der Waals surface area contributed by atoms with Crippen molar-refractivity contribution in [3.8, 4) is 5.75 Å². The van der Waals surface area contributed by atoms with Crippen molar-refractivity contribution in [2.24, 2.45) is 5.73 Å². The Labute approximate surface area is 123 Å². The van der Waals surface area contributed by atoms with Crippen molar-refractivity contribution in [3.63, 3.8) is 0 Å². The Balaban J connectivity index is 1.81. The van der Waals surface area contributed by atoms with Crippen LogP contribution in [0.25, 0.3) is 10.8 Å². The van der Waals surface area contributed by atoms with Gasteiger partial charge in [-0.05, 0) is 34.5 Å². The highest BCUT2D eigenvalue weighted by Gasteiger charge is 2.01. The molecule has 3 rings (SSSR count). The Morgan fingerprint density at radius 1 is 0.905 bits per heavy atom. The number of fused-ring (bicyclic) bond motifs is 1. The standard InChI is InChI=1S/C18H16N2O/c19-18(20)16-7-6-15-11-17(9-8-14(15)10-16)21-12-13-4-2-1-3-5-13/h1-11H,12H2,(H3,19,20). The van der Waals surface area contributed by atoms with E-state index in [1.807, 2.05) is 66.7 Å². The zero-order chi connectivity index (χ0) is 14.7. The van der Waals surface area contributed by atoms with Crippen molar-refractivity contribution in [2.75, 3.05) is 0 Å². The molecule has 0 amide bonds. The van der Waals surface area contributed by atoms with Crippen LogP contribution in [0.2, 0.25) is 0 Å². The van der Waals surface area contributed by atoms with Crippen LogP contribution in [-0.2, 0) is 6.61 Å². The third-order valence-corrected chi connectivity index (χ3v) is 3.37. The minimum Gasteiger partial charge on any atom is -0.489 e. The minimum absolute atomic E-state index is 0.0845. The molecule has 0 bridgehead atoms. The van der Waals surface area contributed by atoms with Gasteiger partial charge in [-0.1, -0.05) is 48.5 Å². The molecule has 3 aromatic carbocycles. The maximum Gasteiger partial charge on any atom is 0.122 e. The van der Waals surface area contributed by atoms with Gasteiger partial charge < -0.3 is 10.5 Å². The van der Waals surface area contributed by atoms with Gasteiger partial charge in [0.15, 0.2) is 0 Å². The molecular formula is C18H16N2O. The first-order valence-corrected chi connectivity index (χ1v) is 6.77. The molecule has 0 aliphatic heterocycles. The summed E-state index contributed by atoms with van der Waals surface area (Å²) in [6, 6.07) is 21.7. The highest BCUT2D eigenvalue weighted by molar-refractivity contribution is 5.99. The van der Waals surface area contributed by atoms with Crippen LogP contribution in [0.4, 0.5) is 0 Å². The number of ether oxygens (including phenoxy) is 1. The van der Waals surface area contributed by atoms with Crippen LogP contribution in [0.5, 0.6) is 5.75 Å². The van der Waals surface area contributed by atoms with Gasteiger partial charge in [0.05, 0.1) is 0 Å². The van der Waals surface area contributed by atoms with E-state index >= 15 is 0 Å². The Kier molecular flexibility index (Phi) is 3.56. The molecule has 21 heavy (non-hydrogen) atoms. The van der Waals surface area contributed by atoms with Crippen molar-refractivity contribution >= 4 is 16.6 Å². The molecule has 0 atom stereocenters. The van der Waals surface area contributed by atoms with E-state index in [2.05, 4.69) is 0 Å².